The standard InChI is InChI=1S/C8H14N2O/c1-3-5-7(4-2)10-8(11)6-9/h4-5H,2-3,6,9H2,1H3,(H,10,11)/b7-5+. The lowest BCUT2D eigenvalue weighted by Crippen LogP contribution is -2.28. The lowest BCUT2D eigenvalue weighted by atomic mass is 10.3. The number of nitrogens with two attached hydrogens (primary N) is 1. The minimum absolute atomic E-state index is 0.00882. The van der Waals surface area contributed by atoms with Crippen LogP contribution in [0.3, 0.4) is 0 Å². The van der Waals surface area contributed by atoms with Crippen LogP contribution in [0, 0.1) is 0 Å². The summed E-state index contributed by atoms with van der Waals surface area (Å²) in [5.74, 6) is -0.190. The first-order chi connectivity index (χ1) is 5.24. The Kier molecular flexibility index (Phi) is 5.11. The quantitative estimate of drug-likeness (QED) is 0.581. The number of carbonyl (C=O) groups is 1. The van der Waals surface area contributed by atoms with Crippen molar-refractivity contribution in [3.05, 3.63) is 24.4 Å². The van der Waals surface area contributed by atoms with Crippen molar-refractivity contribution in [2.45, 2.75) is 13.3 Å². The van der Waals surface area contributed by atoms with Crippen molar-refractivity contribution < 1.29 is 4.79 Å². The Morgan fingerprint density at radius 1 is 1.73 bits per heavy atom. The summed E-state index contributed by atoms with van der Waals surface area (Å²) >= 11 is 0. The van der Waals surface area contributed by atoms with Crippen molar-refractivity contribution >= 4 is 5.91 Å². The molecule has 3 nitrogen and oxygen atoms in total. The fourth-order valence-corrected chi connectivity index (χ4v) is 0.617. The van der Waals surface area contributed by atoms with E-state index in [-0.39, 0.29) is 12.5 Å². The zero-order valence-electron chi connectivity index (χ0n) is 6.76. The lowest BCUT2D eigenvalue weighted by molar-refractivity contribution is -0.118. The van der Waals surface area contributed by atoms with Crippen LogP contribution < -0.4 is 11.1 Å². The number of hydrogen-bond donors (Lipinski definition) is 2. The first kappa shape index (κ1) is 9.91. The fourth-order valence-electron chi connectivity index (χ4n) is 0.617. The molecule has 0 spiro atoms. The van der Waals surface area contributed by atoms with E-state index in [1.165, 1.54) is 0 Å². The van der Waals surface area contributed by atoms with E-state index in [0.717, 1.165) is 12.1 Å². The van der Waals surface area contributed by atoms with Gasteiger partial charge in [-0.25, -0.2) is 0 Å². The third-order valence-corrected chi connectivity index (χ3v) is 1.11. The fraction of sp³-hybridized carbons (Fsp3) is 0.375. The van der Waals surface area contributed by atoms with Crippen molar-refractivity contribution in [3.63, 3.8) is 0 Å². The van der Waals surface area contributed by atoms with Crippen LogP contribution in [0.15, 0.2) is 24.4 Å². The molecule has 0 aliphatic rings. The molecule has 3 N–H and O–H groups in total. The van der Waals surface area contributed by atoms with Gasteiger partial charge in [0.2, 0.25) is 5.91 Å². The van der Waals surface area contributed by atoms with Gasteiger partial charge in [0.05, 0.1) is 6.54 Å². The molecule has 0 fully saturated rings. The predicted octanol–water partition coefficient (Wildman–Crippen LogP) is 0.541. The van der Waals surface area contributed by atoms with E-state index in [4.69, 9.17) is 5.73 Å². The highest BCUT2D eigenvalue weighted by Crippen LogP contribution is 1.91. The van der Waals surface area contributed by atoms with Gasteiger partial charge in [0.1, 0.15) is 0 Å². The highest BCUT2D eigenvalue weighted by molar-refractivity contribution is 5.79. The molecule has 0 aromatic carbocycles. The molecule has 3 heteroatoms. The SMILES string of the molecule is C=C/C(=C\CC)NC(=O)CN. The minimum atomic E-state index is -0.190. The Balaban J connectivity index is 3.98. The Morgan fingerprint density at radius 2 is 2.36 bits per heavy atom. The van der Waals surface area contributed by atoms with Gasteiger partial charge < -0.3 is 11.1 Å². The molecule has 0 rings (SSSR count). The summed E-state index contributed by atoms with van der Waals surface area (Å²) in [6, 6.07) is 0. The second kappa shape index (κ2) is 5.68. The normalized spacial score (nSPS) is 10.9. The van der Waals surface area contributed by atoms with E-state index in [2.05, 4.69) is 11.9 Å². The summed E-state index contributed by atoms with van der Waals surface area (Å²) in [5, 5.41) is 2.60. The van der Waals surface area contributed by atoms with Crippen LogP contribution in [-0.4, -0.2) is 12.5 Å². The van der Waals surface area contributed by atoms with E-state index >= 15 is 0 Å². The maximum atomic E-state index is 10.7. The summed E-state index contributed by atoms with van der Waals surface area (Å²) in [6.45, 7) is 5.54. The molecule has 0 bridgehead atoms. The average molecular weight is 154 g/mol. The molecule has 0 aliphatic carbocycles. The summed E-state index contributed by atoms with van der Waals surface area (Å²) < 4.78 is 0. The first-order valence-electron chi connectivity index (χ1n) is 3.57. The Morgan fingerprint density at radius 3 is 2.73 bits per heavy atom. The molecule has 0 aromatic rings. The van der Waals surface area contributed by atoms with Gasteiger partial charge in [0.25, 0.3) is 0 Å². The topological polar surface area (TPSA) is 55.1 Å². The Hall–Kier alpha value is -1.09. The van der Waals surface area contributed by atoms with Crippen molar-refractivity contribution in [1.82, 2.24) is 5.32 Å². The zero-order valence-corrected chi connectivity index (χ0v) is 6.76. The summed E-state index contributed by atoms with van der Waals surface area (Å²) in [6.07, 6.45) is 4.34. The zero-order chi connectivity index (χ0) is 8.69. The van der Waals surface area contributed by atoms with E-state index < -0.39 is 0 Å². The molecule has 0 saturated heterocycles. The summed E-state index contributed by atoms with van der Waals surface area (Å²) in [7, 11) is 0. The number of rotatable bonds is 4. The highest BCUT2D eigenvalue weighted by atomic mass is 16.1. The van der Waals surface area contributed by atoms with Crippen LogP contribution in [0.1, 0.15) is 13.3 Å². The van der Waals surface area contributed by atoms with Gasteiger partial charge in [0, 0.05) is 5.70 Å². The summed E-state index contributed by atoms with van der Waals surface area (Å²) in [5.41, 5.74) is 5.82. The number of allylic oxidation sites excluding steroid dienone is 2. The van der Waals surface area contributed by atoms with E-state index in [1.807, 2.05) is 13.0 Å². The molecule has 0 heterocycles. The Labute approximate surface area is 67.0 Å². The van der Waals surface area contributed by atoms with Gasteiger partial charge in [-0.05, 0) is 12.5 Å². The predicted molar refractivity (Wildman–Crippen MR) is 45.8 cm³/mol. The molecule has 62 valence electrons. The number of carbonyl (C=O) groups excluding carboxylic acids is 1. The van der Waals surface area contributed by atoms with Gasteiger partial charge in [-0.3, -0.25) is 4.79 Å². The van der Waals surface area contributed by atoms with Crippen molar-refractivity contribution in [3.8, 4) is 0 Å². The molecule has 0 saturated carbocycles. The maximum Gasteiger partial charge on any atom is 0.238 e. The van der Waals surface area contributed by atoms with Gasteiger partial charge >= 0.3 is 0 Å². The van der Waals surface area contributed by atoms with E-state index in [1.54, 1.807) is 6.08 Å². The van der Waals surface area contributed by atoms with Gasteiger partial charge in [-0.2, -0.15) is 0 Å². The van der Waals surface area contributed by atoms with Crippen LogP contribution in [0.5, 0.6) is 0 Å². The number of nitrogens with one attached hydrogen (secondary N) is 1. The Bertz CT molecular complexity index is 173. The lowest BCUT2D eigenvalue weighted by Gasteiger charge is -2.02. The molecule has 0 atom stereocenters. The van der Waals surface area contributed by atoms with Crippen LogP contribution in [-0.2, 0) is 4.79 Å². The molecule has 0 aromatic heterocycles. The first-order valence-corrected chi connectivity index (χ1v) is 3.57. The largest absolute Gasteiger partial charge is 0.325 e. The van der Waals surface area contributed by atoms with E-state index in [9.17, 15) is 4.79 Å². The van der Waals surface area contributed by atoms with Crippen LogP contribution >= 0.6 is 0 Å². The second-order valence-corrected chi connectivity index (χ2v) is 2.02. The third kappa shape index (κ3) is 4.33. The van der Waals surface area contributed by atoms with Gasteiger partial charge in [-0.1, -0.05) is 19.6 Å². The van der Waals surface area contributed by atoms with Gasteiger partial charge in [0.15, 0.2) is 0 Å². The molecule has 0 aliphatic heterocycles. The minimum Gasteiger partial charge on any atom is -0.325 e. The number of hydrogen-bond acceptors (Lipinski definition) is 2. The smallest absolute Gasteiger partial charge is 0.238 e. The molecular formula is C8H14N2O. The molecule has 0 unspecified atom stereocenters. The van der Waals surface area contributed by atoms with E-state index in [0.29, 0.717) is 0 Å². The monoisotopic (exact) mass is 154 g/mol. The molecule has 11 heavy (non-hydrogen) atoms. The van der Waals surface area contributed by atoms with Crippen LogP contribution in [0.2, 0.25) is 0 Å². The van der Waals surface area contributed by atoms with Crippen LogP contribution in [0.4, 0.5) is 0 Å². The van der Waals surface area contributed by atoms with Crippen LogP contribution in [0.25, 0.3) is 0 Å². The molecule has 1 amide bonds. The van der Waals surface area contributed by atoms with Crippen molar-refractivity contribution in [2.24, 2.45) is 5.73 Å². The highest BCUT2D eigenvalue weighted by Gasteiger charge is 1.96. The molecule has 0 radical (unpaired) electrons. The maximum absolute atomic E-state index is 10.7. The van der Waals surface area contributed by atoms with Crippen molar-refractivity contribution in [1.29, 1.82) is 0 Å². The molecular weight excluding hydrogens is 140 g/mol. The third-order valence-electron chi connectivity index (χ3n) is 1.11. The second-order valence-electron chi connectivity index (χ2n) is 2.02. The van der Waals surface area contributed by atoms with Gasteiger partial charge in [-0.15, -0.1) is 0 Å². The summed E-state index contributed by atoms with van der Waals surface area (Å²) in [4.78, 5) is 10.7. The number of amides is 1. The van der Waals surface area contributed by atoms with Crippen molar-refractivity contribution in [2.75, 3.05) is 6.54 Å². The average Bonchev–Trinajstić information content (AvgIpc) is 2.03.